The van der Waals surface area contributed by atoms with Crippen molar-refractivity contribution in [2.45, 2.75) is 62.2 Å². The first-order chi connectivity index (χ1) is 24.5. The predicted octanol–water partition coefficient (Wildman–Crippen LogP) is 11.8. The molecular formula is C46H41N3S. The quantitative estimate of drug-likeness (QED) is 0.175. The van der Waals surface area contributed by atoms with Crippen LogP contribution in [0.4, 0.5) is 0 Å². The minimum Gasteiger partial charge on any atom is -0.212 e. The van der Waals surface area contributed by atoms with Crippen LogP contribution in [0.25, 0.3) is 40.0 Å². The van der Waals surface area contributed by atoms with E-state index in [-0.39, 0.29) is 11.3 Å². The summed E-state index contributed by atoms with van der Waals surface area (Å²) in [6.07, 6.45) is 19.6. The zero-order valence-corrected chi connectivity index (χ0v) is 29.5. The number of rotatable bonds is 5. The topological polar surface area (TPSA) is 38.7 Å². The lowest BCUT2D eigenvalue weighted by Crippen LogP contribution is -2.31. The molecule has 5 aromatic rings. The van der Waals surface area contributed by atoms with Crippen molar-refractivity contribution in [3.05, 3.63) is 160 Å². The molecule has 50 heavy (non-hydrogen) atoms. The molecule has 0 spiro atoms. The largest absolute Gasteiger partial charge is 0.212 e. The van der Waals surface area contributed by atoms with Gasteiger partial charge in [-0.15, -0.1) is 0 Å². The summed E-state index contributed by atoms with van der Waals surface area (Å²) in [5.74, 6) is 3.30. The SMILES string of the molecule is CC1(C)C2=C(C=CC(C3CCC=CC3c3nc(-c4ccccc4)nc(-c4ccc(-c5ccccc5)c5c4C=CCC5)n3)C2)Sc2ccccc21. The van der Waals surface area contributed by atoms with Gasteiger partial charge in [0.25, 0.3) is 0 Å². The van der Waals surface area contributed by atoms with Crippen LogP contribution in [0.2, 0.25) is 0 Å². The molecule has 2 heterocycles. The van der Waals surface area contributed by atoms with Gasteiger partial charge >= 0.3 is 0 Å². The number of thioether (sulfide) groups is 1. The highest BCUT2D eigenvalue weighted by molar-refractivity contribution is 8.03. The van der Waals surface area contributed by atoms with E-state index in [1.807, 2.05) is 11.8 Å². The summed E-state index contributed by atoms with van der Waals surface area (Å²) >= 11 is 1.94. The molecule has 0 amide bonds. The molecule has 9 rings (SSSR count). The van der Waals surface area contributed by atoms with Gasteiger partial charge in [0.2, 0.25) is 0 Å². The number of allylic oxidation sites excluding steroid dienone is 6. The molecule has 0 saturated carbocycles. The van der Waals surface area contributed by atoms with E-state index >= 15 is 0 Å². The van der Waals surface area contributed by atoms with Crippen molar-refractivity contribution < 1.29 is 0 Å². The maximum Gasteiger partial charge on any atom is 0.164 e. The van der Waals surface area contributed by atoms with Crippen LogP contribution in [0.5, 0.6) is 0 Å². The Morgan fingerprint density at radius 2 is 1.42 bits per heavy atom. The van der Waals surface area contributed by atoms with Crippen LogP contribution in [-0.4, -0.2) is 15.0 Å². The molecule has 4 heteroatoms. The van der Waals surface area contributed by atoms with E-state index in [1.54, 1.807) is 5.57 Å². The van der Waals surface area contributed by atoms with Gasteiger partial charge in [-0.3, -0.25) is 0 Å². The first-order valence-corrected chi connectivity index (χ1v) is 18.9. The van der Waals surface area contributed by atoms with Crippen LogP contribution in [0.3, 0.4) is 0 Å². The van der Waals surface area contributed by atoms with Gasteiger partial charge in [0.05, 0.1) is 0 Å². The van der Waals surface area contributed by atoms with Gasteiger partial charge < -0.3 is 0 Å². The smallest absolute Gasteiger partial charge is 0.164 e. The minimum absolute atomic E-state index is 0.000469. The molecular weight excluding hydrogens is 627 g/mol. The second kappa shape index (κ2) is 12.8. The molecule has 1 aliphatic heterocycles. The molecule has 0 radical (unpaired) electrons. The number of nitrogens with zero attached hydrogens (tertiary/aromatic N) is 3. The van der Waals surface area contributed by atoms with Crippen LogP contribution < -0.4 is 0 Å². The number of hydrogen-bond donors (Lipinski definition) is 0. The van der Waals surface area contributed by atoms with Gasteiger partial charge in [-0.1, -0.05) is 147 Å². The highest BCUT2D eigenvalue weighted by atomic mass is 32.2. The first kappa shape index (κ1) is 31.2. The first-order valence-electron chi connectivity index (χ1n) is 18.1. The maximum atomic E-state index is 5.40. The molecule has 4 aliphatic rings. The van der Waals surface area contributed by atoms with Gasteiger partial charge in [0.1, 0.15) is 5.82 Å². The molecule has 0 N–H and O–H groups in total. The average molecular weight is 668 g/mol. The van der Waals surface area contributed by atoms with Crippen molar-refractivity contribution in [1.29, 1.82) is 0 Å². The third-order valence-electron chi connectivity index (χ3n) is 11.3. The highest BCUT2D eigenvalue weighted by Gasteiger charge is 2.40. The molecule has 1 aromatic heterocycles. The van der Waals surface area contributed by atoms with Gasteiger partial charge in [-0.25, -0.2) is 15.0 Å². The van der Waals surface area contributed by atoms with Crippen molar-refractivity contribution in [2.24, 2.45) is 11.8 Å². The monoisotopic (exact) mass is 667 g/mol. The van der Waals surface area contributed by atoms with E-state index in [4.69, 9.17) is 15.0 Å². The van der Waals surface area contributed by atoms with Crippen LogP contribution in [0.1, 0.15) is 68.0 Å². The van der Waals surface area contributed by atoms with E-state index in [2.05, 4.69) is 147 Å². The molecule has 3 nitrogen and oxygen atoms in total. The lowest BCUT2D eigenvalue weighted by molar-refractivity contribution is 0.308. The molecule has 0 saturated heterocycles. The fourth-order valence-corrected chi connectivity index (χ4v) is 10.1. The molecule has 3 aliphatic carbocycles. The Bertz CT molecular complexity index is 2210. The van der Waals surface area contributed by atoms with Gasteiger partial charge in [0.15, 0.2) is 11.6 Å². The van der Waals surface area contributed by atoms with Crippen molar-refractivity contribution in [2.75, 3.05) is 0 Å². The van der Waals surface area contributed by atoms with Gasteiger partial charge in [0, 0.05) is 32.3 Å². The summed E-state index contributed by atoms with van der Waals surface area (Å²) < 4.78 is 0. The maximum absolute atomic E-state index is 5.40. The van der Waals surface area contributed by atoms with Crippen LogP contribution in [0.15, 0.2) is 143 Å². The van der Waals surface area contributed by atoms with Crippen molar-refractivity contribution >= 4 is 17.8 Å². The summed E-state index contributed by atoms with van der Waals surface area (Å²) in [6.45, 7) is 4.83. The van der Waals surface area contributed by atoms with E-state index in [1.165, 1.54) is 37.6 Å². The lowest BCUT2D eigenvalue weighted by Gasteiger charge is -2.42. The summed E-state index contributed by atoms with van der Waals surface area (Å²) in [5.41, 5.74) is 10.3. The summed E-state index contributed by atoms with van der Waals surface area (Å²) in [7, 11) is 0. The Hall–Kier alpha value is -4.80. The predicted molar refractivity (Wildman–Crippen MR) is 208 cm³/mol. The zero-order chi connectivity index (χ0) is 33.7. The summed E-state index contributed by atoms with van der Waals surface area (Å²) in [5, 5.41) is 0. The third-order valence-corrected chi connectivity index (χ3v) is 12.5. The Labute approximate surface area is 300 Å². The molecule has 246 valence electrons. The minimum atomic E-state index is -0.000469. The van der Waals surface area contributed by atoms with E-state index in [9.17, 15) is 0 Å². The summed E-state index contributed by atoms with van der Waals surface area (Å²) in [4.78, 5) is 18.7. The molecule has 3 unspecified atom stereocenters. The second-order valence-corrected chi connectivity index (χ2v) is 15.6. The molecule has 0 fully saturated rings. The Morgan fingerprint density at radius 1 is 0.680 bits per heavy atom. The Kier molecular flexibility index (Phi) is 8.00. The fourth-order valence-electron chi connectivity index (χ4n) is 8.65. The number of fused-ring (bicyclic) bond motifs is 2. The van der Waals surface area contributed by atoms with Crippen LogP contribution in [-0.2, 0) is 11.8 Å². The molecule has 0 bridgehead atoms. The van der Waals surface area contributed by atoms with Gasteiger partial charge in [-0.2, -0.15) is 0 Å². The number of hydrogen-bond acceptors (Lipinski definition) is 4. The van der Waals surface area contributed by atoms with Crippen molar-refractivity contribution in [1.82, 2.24) is 15.0 Å². The third kappa shape index (κ3) is 5.51. The Balaban J connectivity index is 1.13. The standard InChI is InChI=1S/C46H41N3S/c1-46(2)39-23-13-14-24-41(39)50-42-28-25-32(29-40(42)46)33-19-9-12-22-37(33)44-47-43(31-17-7-4-8-18-31)48-45(49-44)38-27-26-34(30-15-5-3-6-16-30)35-20-10-11-21-36(35)38/h3-8,11-18,21-28,32-33,37H,9-10,19-20,29H2,1-2H3. The number of aromatic nitrogens is 3. The normalized spacial score (nSPS) is 21.8. The zero-order valence-electron chi connectivity index (χ0n) is 28.7. The molecule has 3 atom stereocenters. The fraction of sp³-hybridized carbons (Fsp3) is 0.239. The van der Waals surface area contributed by atoms with E-state index < -0.39 is 0 Å². The van der Waals surface area contributed by atoms with Crippen LogP contribution in [0, 0.1) is 11.8 Å². The average Bonchev–Trinajstić information content (AvgIpc) is 3.18. The highest BCUT2D eigenvalue weighted by Crippen LogP contribution is 2.54. The number of benzene rings is 4. The molecule has 4 aromatic carbocycles. The van der Waals surface area contributed by atoms with Gasteiger partial charge in [-0.05, 0) is 89.5 Å². The van der Waals surface area contributed by atoms with Crippen molar-refractivity contribution in [3.63, 3.8) is 0 Å². The van der Waals surface area contributed by atoms with E-state index in [0.29, 0.717) is 11.8 Å². The van der Waals surface area contributed by atoms with E-state index in [0.717, 1.165) is 60.7 Å². The van der Waals surface area contributed by atoms with Crippen molar-refractivity contribution in [3.8, 4) is 33.9 Å². The Morgan fingerprint density at radius 3 is 2.26 bits per heavy atom. The summed E-state index contributed by atoms with van der Waals surface area (Å²) in [6, 6.07) is 34.6. The van der Waals surface area contributed by atoms with Crippen LogP contribution >= 0.6 is 11.8 Å². The lowest BCUT2D eigenvalue weighted by atomic mass is 9.66. The second-order valence-electron chi connectivity index (χ2n) is 14.6.